The quantitative estimate of drug-likeness (QED) is 0.902. The molecule has 0 bridgehead atoms. The molecule has 1 aliphatic carbocycles. The summed E-state index contributed by atoms with van der Waals surface area (Å²) in [6.07, 6.45) is 4.12. The average molecular weight is 332 g/mol. The molecule has 1 aromatic heterocycles. The largest absolute Gasteiger partial charge is 0.466 e. The number of nitrogens with zero attached hydrogens (tertiary/aromatic N) is 2. The number of amides is 1. The third kappa shape index (κ3) is 2.78. The first-order valence-corrected chi connectivity index (χ1v) is 9.31. The molecule has 4 atom stereocenters. The van der Waals surface area contributed by atoms with Crippen molar-refractivity contribution < 1.29 is 14.3 Å². The standard InChI is InChI=1S/C19H28N2O3/c1-12-7-16(13(2)24-12)19(23)21-10-14-8-17(20-5-3-4-6-20)18(22)9-15(14)11-21/h7,14-15,17-18,22H,3-6,8-11H2,1-2H3/t14-,15+,17-,18-/m1/s1. The van der Waals surface area contributed by atoms with E-state index < -0.39 is 0 Å². The summed E-state index contributed by atoms with van der Waals surface area (Å²) in [6.45, 7) is 7.58. The number of carbonyl (C=O) groups is 1. The molecule has 2 saturated heterocycles. The maximum atomic E-state index is 12.8. The highest BCUT2D eigenvalue weighted by Gasteiger charge is 2.45. The number of likely N-dealkylation sites (tertiary alicyclic amines) is 2. The van der Waals surface area contributed by atoms with Gasteiger partial charge in [-0.3, -0.25) is 9.69 Å². The molecule has 1 N–H and O–H groups in total. The number of aryl methyl sites for hydroxylation is 2. The minimum absolute atomic E-state index is 0.0889. The number of hydrogen-bond donors (Lipinski definition) is 1. The zero-order chi connectivity index (χ0) is 16.8. The summed E-state index contributed by atoms with van der Waals surface area (Å²) in [5.74, 6) is 2.55. The number of furan rings is 1. The summed E-state index contributed by atoms with van der Waals surface area (Å²) in [6, 6.07) is 2.14. The first kappa shape index (κ1) is 16.2. The van der Waals surface area contributed by atoms with E-state index in [0.29, 0.717) is 29.2 Å². The van der Waals surface area contributed by atoms with Crippen molar-refractivity contribution in [2.24, 2.45) is 11.8 Å². The Balaban J connectivity index is 1.45. The van der Waals surface area contributed by atoms with E-state index in [1.807, 2.05) is 24.8 Å². The lowest BCUT2D eigenvalue weighted by molar-refractivity contribution is -0.000865. The van der Waals surface area contributed by atoms with Crippen molar-refractivity contribution in [2.45, 2.75) is 51.7 Å². The van der Waals surface area contributed by atoms with E-state index in [2.05, 4.69) is 4.90 Å². The summed E-state index contributed by atoms with van der Waals surface area (Å²) in [5, 5.41) is 10.6. The van der Waals surface area contributed by atoms with Gasteiger partial charge in [0, 0.05) is 19.1 Å². The lowest BCUT2D eigenvalue weighted by atomic mass is 9.77. The lowest BCUT2D eigenvalue weighted by Crippen LogP contribution is -2.48. The zero-order valence-electron chi connectivity index (χ0n) is 14.7. The van der Waals surface area contributed by atoms with Gasteiger partial charge in [0.05, 0.1) is 11.7 Å². The molecule has 5 nitrogen and oxygen atoms in total. The van der Waals surface area contributed by atoms with Crippen LogP contribution < -0.4 is 0 Å². The Morgan fingerprint density at radius 3 is 2.46 bits per heavy atom. The lowest BCUT2D eigenvalue weighted by Gasteiger charge is -2.40. The molecular formula is C19H28N2O3. The van der Waals surface area contributed by atoms with Gasteiger partial charge in [0.1, 0.15) is 11.5 Å². The number of hydrogen-bond acceptors (Lipinski definition) is 4. The molecule has 132 valence electrons. The van der Waals surface area contributed by atoms with Crippen LogP contribution in [0.3, 0.4) is 0 Å². The molecule has 1 saturated carbocycles. The van der Waals surface area contributed by atoms with Gasteiger partial charge in [0.15, 0.2) is 0 Å². The number of aliphatic hydroxyl groups excluding tert-OH is 1. The van der Waals surface area contributed by atoms with Crippen LogP contribution >= 0.6 is 0 Å². The SMILES string of the molecule is Cc1cc(C(=O)N2C[C@H]3C[C@@H](N4CCCC4)[C@H](O)C[C@H]3C2)c(C)o1. The molecule has 24 heavy (non-hydrogen) atoms. The van der Waals surface area contributed by atoms with E-state index in [0.717, 1.165) is 44.8 Å². The Kier molecular flexibility index (Phi) is 4.17. The highest BCUT2D eigenvalue weighted by atomic mass is 16.3. The second-order valence-electron chi connectivity index (χ2n) is 7.91. The summed E-state index contributed by atoms with van der Waals surface area (Å²) in [5.41, 5.74) is 0.697. The Bertz CT molecular complexity index is 620. The van der Waals surface area contributed by atoms with Gasteiger partial charge in [-0.05, 0) is 70.5 Å². The molecule has 2 aliphatic heterocycles. The van der Waals surface area contributed by atoms with Crippen LogP contribution in [0.5, 0.6) is 0 Å². The van der Waals surface area contributed by atoms with Crippen LogP contribution in [0, 0.1) is 25.7 Å². The van der Waals surface area contributed by atoms with Crippen LogP contribution in [-0.2, 0) is 0 Å². The van der Waals surface area contributed by atoms with E-state index in [1.165, 1.54) is 12.8 Å². The van der Waals surface area contributed by atoms with E-state index in [-0.39, 0.29) is 12.0 Å². The second kappa shape index (κ2) is 6.19. The fraction of sp³-hybridized carbons (Fsp3) is 0.737. The molecule has 4 rings (SSSR count). The summed E-state index contributed by atoms with van der Waals surface area (Å²) >= 11 is 0. The maximum absolute atomic E-state index is 12.8. The predicted octanol–water partition coefficient (Wildman–Crippen LogP) is 2.20. The van der Waals surface area contributed by atoms with Crippen molar-refractivity contribution in [3.63, 3.8) is 0 Å². The Labute approximate surface area is 143 Å². The molecular weight excluding hydrogens is 304 g/mol. The molecule has 3 aliphatic rings. The molecule has 3 heterocycles. The minimum atomic E-state index is -0.239. The van der Waals surface area contributed by atoms with Crippen molar-refractivity contribution in [3.8, 4) is 0 Å². The second-order valence-corrected chi connectivity index (χ2v) is 7.91. The van der Waals surface area contributed by atoms with Gasteiger partial charge in [-0.25, -0.2) is 0 Å². The van der Waals surface area contributed by atoms with Gasteiger partial charge < -0.3 is 14.4 Å². The van der Waals surface area contributed by atoms with Crippen molar-refractivity contribution in [3.05, 3.63) is 23.2 Å². The number of fused-ring (bicyclic) bond motifs is 1. The van der Waals surface area contributed by atoms with Gasteiger partial charge in [-0.15, -0.1) is 0 Å². The fourth-order valence-corrected chi connectivity index (χ4v) is 5.05. The van der Waals surface area contributed by atoms with Crippen LogP contribution in [0.1, 0.15) is 47.6 Å². The molecule has 1 amide bonds. The van der Waals surface area contributed by atoms with Crippen molar-refractivity contribution >= 4 is 5.91 Å². The highest BCUT2D eigenvalue weighted by Crippen LogP contribution is 2.39. The van der Waals surface area contributed by atoms with Crippen LogP contribution in [0.25, 0.3) is 0 Å². The van der Waals surface area contributed by atoms with E-state index in [4.69, 9.17) is 4.42 Å². The van der Waals surface area contributed by atoms with Gasteiger partial charge in [-0.2, -0.15) is 0 Å². The van der Waals surface area contributed by atoms with Gasteiger partial charge in [-0.1, -0.05) is 0 Å². The average Bonchev–Trinajstić information content (AvgIpc) is 3.25. The zero-order valence-corrected chi connectivity index (χ0v) is 14.7. The molecule has 0 spiro atoms. The fourth-order valence-electron chi connectivity index (χ4n) is 5.05. The number of carbonyl (C=O) groups excluding carboxylic acids is 1. The van der Waals surface area contributed by atoms with Crippen LogP contribution in [0.2, 0.25) is 0 Å². The topological polar surface area (TPSA) is 56.9 Å². The first-order valence-electron chi connectivity index (χ1n) is 9.31. The first-order chi connectivity index (χ1) is 11.5. The van der Waals surface area contributed by atoms with Gasteiger partial charge >= 0.3 is 0 Å². The van der Waals surface area contributed by atoms with Crippen LogP contribution in [0.4, 0.5) is 0 Å². The molecule has 0 radical (unpaired) electrons. The van der Waals surface area contributed by atoms with E-state index in [1.54, 1.807) is 0 Å². The monoisotopic (exact) mass is 332 g/mol. The third-order valence-electron chi connectivity index (χ3n) is 6.28. The maximum Gasteiger partial charge on any atom is 0.257 e. The van der Waals surface area contributed by atoms with Gasteiger partial charge in [0.2, 0.25) is 0 Å². The number of rotatable bonds is 2. The highest BCUT2D eigenvalue weighted by molar-refractivity contribution is 5.95. The van der Waals surface area contributed by atoms with E-state index in [9.17, 15) is 9.90 Å². The normalized spacial score (nSPS) is 33.9. The molecule has 3 fully saturated rings. The smallest absolute Gasteiger partial charge is 0.257 e. The number of aliphatic hydroxyl groups is 1. The Morgan fingerprint density at radius 1 is 1.17 bits per heavy atom. The molecule has 1 aromatic rings. The third-order valence-corrected chi connectivity index (χ3v) is 6.28. The van der Waals surface area contributed by atoms with Crippen LogP contribution in [-0.4, -0.2) is 59.1 Å². The van der Waals surface area contributed by atoms with Crippen molar-refractivity contribution in [1.29, 1.82) is 0 Å². The summed E-state index contributed by atoms with van der Waals surface area (Å²) in [7, 11) is 0. The molecule has 0 unspecified atom stereocenters. The molecule has 5 heteroatoms. The van der Waals surface area contributed by atoms with E-state index >= 15 is 0 Å². The summed E-state index contributed by atoms with van der Waals surface area (Å²) < 4.78 is 5.52. The van der Waals surface area contributed by atoms with Crippen LogP contribution in [0.15, 0.2) is 10.5 Å². The Hall–Kier alpha value is -1.33. The minimum Gasteiger partial charge on any atom is -0.466 e. The van der Waals surface area contributed by atoms with Crippen molar-refractivity contribution in [1.82, 2.24) is 9.80 Å². The van der Waals surface area contributed by atoms with Crippen molar-refractivity contribution in [2.75, 3.05) is 26.2 Å². The van der Waals surface area contributed by atoms with Gasteiger partial charge in [0.25, 0.3) is 5.91 Å². The predicted molar refractivity (Wildman–Crippen MR) is 90.9 cm³/mol. The molecule has 0 aromatic carbocycles. The summed E-state index contributed by atoms with van der Waals surface area (Å²) in [4.78, 5) is 17.3. The Morgan fingerprint density at radius 2 is 1.83 bits per heavy atom.